The number of benzene rings is 1. The van der Waals surface area contributed by atoms with Crippen LogP contribution in [0.2, 0.25) is 0 Å². The molecule has 0 spiro atoms. The first-order valence-corrected chi connectivity index (χ1v) is 5.97. The van der Waals surface area contributed by atoms with Crippen LogP contribution in [-0.4, -0.2) is 17.9 Å². The van der Waals surface area contributed by atoms with Crippen molar-refractivity contribution in [1.29, 1.82) is 5.26 Å². The monoisotopic (exact) mass is 269 g/mol. The molecule has 1 aromatic heterocycles. The molecule has 0 aliphatic rings. The lowest BCUT2D eigenvalue weighted by Crippen LogP contribution is -2.28. The van der Waals surface area contributed by atoms with E-state index in [1.165, 1.54) is 23.2 Å². The average Bonchev–Trinajstić information content (AvgIpc) is 2.49. The zero-order chi connectivity index (χ0) is 14.5. The Kier molecular flexibility index (Phi) is 4.06. The molecular formula is C15H12FN3O. The van der Waals surface area contributed by atoms with E-state index in [0.29, 0.717) is 11.4 Å². The number of pyridine rings is 1. The van der Waals surface area contributed by atoms with Crippen LogP contribution in [0.5, 0.6) is 0 Å². The highest BCUT2D eigenvalue weighted by Gasteiger charge is 2.12. The maximum Gasteiger partial charge on any atom is 0.232 e. The molecule has 0 radical (unpaired) electrons. The summed E-state index contributed by atoms with van der Waals surface area (Å²) in [5, 5.41) is 8.69. The fourth-order valence-corrected chi connectivity index (χ4v) is 1.67. The van der Waals surface area contributed by atoms with E-state index < -0.39 is 0 Å². The van der Waals surface area contributed by atoms with Crippen LogP contribution in [0.15, 0.2) is 42.6 Å². The average molecular weight is 269 g/mol. The van der Waals surface area contributed by atoms with Crippen molar-refractivity contribution in [2.24, 2.45) is 0 Å². The highest BCUT2D eigenvalue weighted by Crippen LogP contribution is 2.12. The molecule has 0 aliphatic heterocycles. The van der Waals surface area contributed by atoms with Crippen molar-refractivity contribution in [3.63, 3.8) is 0 Å². The second-order valence-electron chi connectivity index (χ2n) is 4.27. The van der Waals surface area contributed by atoms with Crippen molar-refractivity contribution in [3.8, 4) is 6.07 Å². The van der Waals surface area contributed by atoms with Crippen LogP contribution in [0.3, 0.4) is 0 Å². The lowest BCUT2D eigenvalue weighted by Gasteiger charge is -2.16. The first kappa shape index (κ1) is 13.7. The van der Waals surface area contributed by atoms with E-state index in [0.717, 1.165) is 5.56 Å². The Morgan fingerprint density at radius 2 is 2.00 bits per heavy atom. The molecular weight excluding hydrogens is 257 g/mol. The molecule has 2 rings (SSSR count). The molecule has 0 saturated carbocycles. The second-order valence-corrected chi connectivity index (χ2v) is 4.27. The van der Waals surface area contributed by atoms with Crippen molar-refractivity contribution in [2.45, 2.75) is 6.42 Å². The van der Waals surface area contributed by atoms with Crippen LogP contribution >= 0.6 is 0 Å². The standard InChI is InChI=1S/C15H12FN3O/c1-19(14-7-4-12(9-17)10-18-14)15(20)8-11-2-5-13(16)6-3-11/h2-7,10H,8H2,1H3. The number of carbonyl (C=O) groups is 1. The molecule has 4 nitrogen and oxygen atoms in total. The van der Waals surface area contributed by atoms with Gasteiger partial charge < -0.3 is 0 Å². The number of carbonyl (C=O) groups excluding carboxylic acids is 1. The normalized spacial score (nSPS) is 9.85. The summed E-state index contributed by atoms with van der Waals surface area (Å²) in [5.41, 5.74) is 1.17. The van der Waals surface area contributed by atoms with E-state index in [1.54, 1.807) is 31.3 Å². The van der Waals surface area contributed by atoms with Crippen LogP contribution in [-0.2, 0) is 11.2 Å². The summed E-state index contributed by atoms with van der Waals surface area (Å²) < 4.78 is 12.8. The summed E-state index contributed by atoms with van der Waals surface area (Å²) in [7, 11) is 1.61. The third kappa shape index (κ3) is 3.18. The van der Waals surface area contributed by atoms with Crippen LogP contribution in [0.25, 0.3) is 0 Å². The number of aromatic nitrogens is 1. The molecule has 0 unspecified atom stereocenters. The SMILES string of the molecule is CN(C(=O)Cc1ccc(F)cc1)c1ccc(C#N)cn1. The third-order valence-corrected chi connectivity index (χ3v) is 2.86. The summed E-state index contributed by atoms with van der Waals surface area (Å²) in [4.78, 5) is 17.5. The van der Waals surface area contributed by atoms with E-state index in [-0.39, 0.29) is 18.1 Å². The summed E-state index contributed by atoms with van der Waals surface area (Å²) in [6, 6.07) is 11.0. The Balaban J connectivity index is 2.08. The summed E-state index contributed by atoms with van der Waals surface area (Å²) in [5.74, 6) is -0.0201. The van der Waals surface area contributed by atoms with Gasteiger partial charge in [-0.05, 0) is 29.8 Å². The molecule has 1 aromatic carbocycles. The zero-order valence-electron chi connectivity index (χ0n) is 10.9. The quantitative estimate of drug-likeness (QED) is 0.859. The minimum absolute atomic E-state index is 0.159. The maximum atomic E-state index is 12.8. The van der Waals surface area contributed by atoms with Gasteiger partial charge in [0.1, 0.15) is 17.7 Å². The van der Waals surface area contributed by atoms with Gasteiger partial charge in [-0.25, -0.2) is 9.37 Å². The van der Waals surface area contributed by atoms with Gasteiger partial charge in [-0.2, -0.15) is 5.26 Å². The lowest BCUT2D eigenvalue weighted by molar-refractivity contribution is -0.117. The van der Waals surface area contributed by atoms with Gasteiger partial charge in [0.15, 0.2) is 0 Å². The molecule has 1 heterocycles. The van der Waals surface area contributed by atoms with E-state index in [4.69, 9.17) is 5.26 Å². The Morgan fingerprint density at radius 1 is 1.30 bits per heavy atom. The van der Waals surface area contributed by atoms with Gasteiger partial charge in [0.2, 0.25) is 5.91 Å². The Hall–Kier alpha value is -2.74. The third-order valence-electron chi connectivity index (χ3n) is 2.86. The van der Waals surface area contributed by atoms with E-state index in [1.807, 2.05) is 6.07 Å². The minimum atomic E-state index is -0.330. The largest absolute Gasteiger partial charge is 0.300 e. The predicted octanol–water partition coefficient (Wildman–Crippen LogP) is 2.30. The molecule has 20 heavy (non-hydrogen) atoms. The minimum Gasteiger partial charge on any atom is -0.300 e. The topological polar surface area (TPSA) is 57.0 Å². The number of hydrogen-bond acceptors (Lipinski definition) is 3. The number of rotatable bonds is 3. The van der Waals surface area contributed by atoms with Crippen molar-refractivity contribution in [3.05, 3.63) is 59.5 Å². The lowest BCUT2D eigenvalue weighted by atomic mass is 10.1. The maximum absolute atomic E-state index is 12.8. The van der Waals surface area contributed by atoms with Gasteiger partial charge in [-0.3, -0.25) is 9.69 Å². The fraction of sp³-hybridized carbons (Fsp3) is 0.133. The molecule has 0 bridgehead atoms. The first-order valence-electron chi connectivity index (χ1n) is 5.97. The Bertz CT molecular complexity index is 644. The van der Waals surface area contributed by atoms with Crippen molar-refractivity contribution < 1.29 is 9.18 Å². The predicted molar refractivity (Wildman–Crippen MR) is 72.5 cm³/mol. The number of halogens is 1. The van der Waals surface area contributed by atoms with Gasteiger partial charge >= 0.3 is 0 Å². The number of hydrogen-bond donors (Lipinski definition) is 0. The van der Waals surface area contributed by atoms with E-state index in [2.05, 4.69) is 4.98 Å². The summed E-state index contributed by atoms with van der Waals surface area (Å²) in [6.07, 6.45) is 1.58. The number of anilines is 1. The molecule has 0 atom stereocenters. The smallest absolute Gasteiger partial charge is 0.232 e. The van der Waals surface area contributed by atoms with Crippen LogP contribution in [0.4, 0.5) is 10.2 Å². The first-order chi connectivity index (χ1) is 9.60. The van der Waals surface area contributed by atoms with Crippen LogP contribution < -0.4 is 4.90 Å². The van der Waals surface area contributed by atoms with Crippen molar-refractivity contribution in [2.75, 3.05) is 11.9 Å². The number of amides is 1. The van der Waals surface area contributed by atoms with Crippen molar-refractivity contribution >= 4 is 11.7 Å². The second kappa shape index (κ2) is 5.93. The van der Waals surface area contributed by atoms with Crippen LogP contribution in [0.1, 0.15) is 11.1 Å². The summed E-state index contributed by atoms with van der Waals surface area (Å²) >= 11 is 0. The molecule has 0 N–H and O–H groups in total. The van der Waals surface area contributed by atoms with E-state index in [9.17, 15) is 9.18 Å². The van der Waals surface area contributed by atoms with E-state index >= 15 is 0 Å². The molecule has 1 amide bonds. The van der Waals surface area contributed by atoms with Gasteiger partial charge in [0.05, 0.1) is 12.0 Å². The molecule has 100 valence electrons. The van der Waals surface area contributed by atoms with Gasteiger partial charge in [0, 0.05) is 13.2 Å². The number of nitrogens with zero attached hydrogens (tertiary/aromatic N) is 3. The highest BCUT2D eigenvalue weighted by molar-refractivity contribution is 5.93. The molecule has 0 fully saturated rings. The zero-order valence-corrected chi connectivity index (χ0v) is 10.9. The highest BCUT2D eigenvalue weighted by atomic mass is 19.1. The Labute approximate surface area is 116 Å². The summed E-state index contributed by atoms with van der Waals surface area (Å²) in [6.45, 7) is 0. The van der Waals surface area contributed by atoms with Gasteiger partial charge in [0.25, 0.3) is 0 Å². The molecule has 0 saturated heterocycles. The van der Waals surface area contributed by atoms with Crippen molar-refractivity contribution in [1.82, 2.24) is 4.98 Å². The number of nitriles is 1. The molecule has 2 aromatic rings. The molecule has 5 heteroatoms. The molecule has 0 aliphatic carbocycles. The van der Waals surface area contributed by atoms with Gasteiger partial charge in [-0.15, -0.1) is 0 Å². The number of likely N-dealkylation sites (N-methyl/N-ethyl adjacent to an activating group) is 1. The fourth-order valence-electron chi connectivity index (χ4n) is 1.67. The van der Waals surface area contributed by atoms with Gasteiger partial charge in [-0.1, -0.05) is 12.1 Å². The van der Waals surface area contributed by atoms with Crippen LogP contribution in [0, 0.1) is 17.1 Å². The Morgan fingerprint density at radius 3 is 2.55 bits per heavy atom.